The van der Waals surface area contributed by atoms with E-state index in [2.05, 4.69) is 11.9 Å². The molecule has 0 spiro atoms. The molecule has 0 aliphatic carbocycles. The van der Waals surface area contributed by atoms with Crippen molar-refractivity contribution >= 4 is 11.6 Å². The highest BCUT2D eigenvalue weighted by molar-refractivity contribution is 6.00. The fraction of sp³-hybridized carbons (Fsp3) is 0.462. The normalized spacial score (nSPS) is 18.6. The van der Waals surface area contributed by atoms with Gasteiger partial charge < -0.3 is 9.80 Å². The van der Waals surface area contributed by atoms with Crippen LogP contribution < -0.4 is 4.90 Å². The van der Waals surface area contributed by atoms with Gasteiger partial charge in [-0.1, -0.05) is 18.2 Å². The van der Waals surface area contributed by atoms with E-state index in [-0.39, 0.29) is 5.91 Å². The van der Waals surface area contributed by atoms with Crippen molar-refractivity contribution in [2.45, 2.75) is 12.8 Å². The van der Waals surface area contributed by atoms with Crippen LogP contribution in [0.15, 0.2) is 24.3 Å². The van der Waals surface area contributed by atoms with Gasteiger partial charge in [-0.05, 0) is 38.2 Å². The maximum atomic E-state index is 11.2. The molecule has 1 fully saturated rings. The largest absolute Gasteiger partial charge is 0.315 e. The van der Waals surface area contributed by atoms with E-state index in [4.69, 9.17) is 0 Å². The fourth-order valence-electron chi connectivity index (χ4n) is 1.88. The number of likely N-dealkylation sites (N-methyl/N-ethyl adjacent to an activating group) is 1. The molecular weight excluding hydrogens is 200 g/mol. The highest BCUT2D eigenvalue weighted by Crippen LogP contribution is 2.26. The van der Waals surface area contributed by atoms with Gasteiger partial charge in [-0.3, -0.25) is 4.79 Å². The zero-order valence-electron chi connectivity index (χ0n) is 9.94. The van der Waals surface area contributed by atoms with Crippen molar-refractivity contribution in [3.8, 4) is 0 Å². The number of nitrogens with zero attached hydrogens (tertiary/aromatic N) is 2. The number of hydrogen-bond donors (Lipinski definition) is 0. The van der Waals surface area contributed by atoms with Gasteiger partial charge in [0.2, 0.25) is 5.91 Å². The molecular formula is C13H18N2O. The van der Waals surface area contributed by atoms with Gasteiger partial charge in [-0.2, -0.15) is 0 Å². The molecule has 3 heteroatoms. The van der Waals surface area contributed by atoms with E-state index < -0.39 is 0 Å². The first-order valence-corrected chi connectivity index (χ1v) is 5.71. The van der Waals surface area contributed by atoms with Crippen molar-refractivity contribution in [2.75, 3.05) is 32.1 Å². The van der Waals surface area contributed by atoms with Crippen LogP contribution >= 0.6 is 0 Å². The molecule has 2 aliphatic heterocycles. The summed E-state index contributed by atoms with van der Waals surface area (Å²) in [6.07, 6.45) is 1.98. The van der Waals surface area contributed by atoms with Gasteiger partial charge in [0.25, 0.3) is 0 Å². The Morgan fingerprint density at radius 2 is 1.75 bits per heavy atom. The highest BCUT2D eigenvalue weighted by Gasteiger charge is 2.22. The van der Waals surface area contributed by atoms with E-state index in [1.54, 1.807) is 4.90 Å². The van der Waals surface area contributed by atoms with Crippen molar-refractivity contribution in [3.05, 3.63) is 29.8 Å². The van der Waals surface area contributed by atoms with Crippen molar-refractivity contribution in [1.82, 2.24) is 4.90 Å². The van der Waals surface area contributed by atoms with Gasteiger partial charge in [0.1, 0.15) is 0 Å². The minimum Gasteiger partial charge on any atom is -0.315 e. The summed E-state index contributed by atoms with van der Waals surface area (Å²) in [4.78, 5) is 15.2. The van der Waals surface area contributed by atoms with E-state index >= 15 is 0 Å². The zero-order chi connectivity index (χ0) is 11.5. The van der Waals surface area contributed by atoms with Crippen LogP contribution in [0.5, 0.6) is 0 Å². The Balaban J connectivity index is 0.000000162. The van der Waals surface area contributed by atoms with Crippen LogP contribution in [0.2, 0.25) is 0 Å². The van der Waals surface area contributed by atoms with E-state index in [0.29, 0.717) is 6.42 Å². The summed E-state index contributed by atoms with van der Waals surface area (Å²) < 4.78 is 0. The smallest absolute Gasteiger partial charge is 0.231 e. The number of anilines is 1. The SMILES string of the molecule is CN1C(=O)Cc2ccccc21.CN1CCC1. The van der Waals surface area contributed by atoms with Crippen LogP contribution in [0.25, 0.3) is 0 Å². The predicted octanol–water partition coefficient (Wildman–Crippen LogP) is 1.53. The average Bonchev–Trinajstić information content (AvgIpc) is 2.54. The lowest BCUT2D eigenvalue weighted by Gasteiger charge is -2.24. The monoisotopic (exact) mass is 218 g/mol. The number of rotatable bonds is 0. The van der Waals surface area contributed by atoms with Crippen molar-refractivity contribution in [2.24, 2.45) is 0 Å². The topological polar surface area (TPSA) is 23.6 Å². The lowest BCUT2D eigenvalue weighted by molar-refractivity contribution is -0.117. The van der Waals surface area contributed by atoms with Crippen LogP contribution in [-0.2, 0) is 11.2 Å². The number of carbonyl (C=O) groups is 1. The summed E-state index contributed by atoms with van der Waals surface area (Å²) in [5.74, 6) is 0.186. The van der Waals surface area contributed by atoms with Gasteiger partial charge in [0.15, 0.2) is 0 Å². The first kappa shape index (κ1) is 11.1. The molecule has 16 heavy (non-hydrogen) atoms. The maximum Gasteiger partial charge on any atom is 0.231 e. The lowest BCUT2D eigenvalue weighted by Crippen LogP contribution is -2.32. The lowest BCUT2D eigenvalue weighted by atomic mass is 10.2. The van der Waals surface area contributed by atoms with Gasteiger partial charge in [0, 0.05) is 12.7 Å². The maximum absolute atomic E-state index is 11.2. The van der Waals surface area contributed by atoms with E-state index in [0.717, 1.165) is 11.3 Å². The van der Waals surface area contributed by atoms with Crippen molar-refractivity contribution in [3.63, 3.8) is 0 Å². The molecule has 2 heterocycles. The summed E-state index contributed by atoms with van der Waals surface area (Å²) in [5.41, 5.74) is 2.19. The molecule has 3 nitrogen and oxygen atoms in total. The third kappa shape index (κ3) is 2.25. The minimum atomic E-state index is 0.186. The molecule has 0 aromatic heterocycles. The van der Waals surface area contributed by atoms with Crippen LogP contribution in [0, 0.1) is 0 Å². The van der Waals surface area contributed by atoms with Gasteiger partial charge in [-0.15, -0.1) is 0 Å². The third-order valence-electron chi connectivity index (χ3n) is 3.15. The number of carbonyl (C=O) groups excluding carboxylic acids is 1. The molecule has 1 aromatic carbocycles. The quantitative estimate of drug-likeness (QED) is 0.659. The predicted molar refractivity (Wildman–Crippen MR) is 65.7 cm³/mol. The van der Waals surface area contributed by atoms with Gasteiger partial charge in [-0.25, -0.2) is 0 Å². The standard InChI is InChI=1S/C9H9NO.C4H9N/c1-10-8-5-3-2-4-7(8)6-9(10)11;1-5-3-2-4-5/h2-5H,6H2,1H3;2-4H2,1H3. The molecule has 0 N–H and O–H groups in total. The van der Waals surface area contributed by atoms with Crippen molar-refractivity contribution < 1.29 is 4.79 Å². The van der Waals surface area contributed by atoms with Gasteiger partial charge >= 0.3 is 0 Å². The van der Waals surface area contributed by atoms with Crippen LogP contribution in [0.3, 0.4) is 0 Å². The second-order valence-electron chi connectivity index (χ2n) is 4.42. The van der Waals surface area contributed by atoms with Crippen LogP contribution in [-0.4, -0.2) is 38.0 Å². The molecule has 0 unspecified atom stereocenters. The molecule has 1 saturated heterocycles. The Kier molecular flexibility index (Phi) is 3.25. The molecule has 0 bridgehead atoms. The first-order chi connectivity index (χ1) is 7.68. The first-order valence-electron chi connectivity index (χ1n) is 5.71. The number of amides is 1. The Labute approximate surface area is 96.7 Å². The Hall–Kier alpha value is -1.35. The molecule has 0 atom stereocenters. The number of fused-ring (bicyclic) bond motifs is 1. The van der Waals surface area contributed by atoms with Crippen LogP contribution in [0.4, 0.5) is 5.69 Å². The zero-order valence-corrected chi connectivity index (χ0v) is 9.94. The molecule has 1 aromatic rings. The Bertz CT molecular complexity index is 385. The van der Waals surface area contributed by atoms with E-state index in [9.17, 15) is 4.79 Å². The Morgan fingerprint density at radius 3 is 2.25 bits per heavy atom. The summed E-state index contributed by atoms with van der Waals surface area (Å²) in [6, 6.07) is 7.89. The van der Waals surface area contributed by atoms with Crippen molar-refractivity contribution in [1.29, 1.82) is 0 Å². The van der Waals surface area contributed by atoms with Gasteiger partial charge in [0.05, 0.1) is 6.42 Å². The molecule has 1 amide bonds. The molecule has 0 saturated carbocycles. The summed E-state index contributed by atoms with van der Waals surface area (Å²) in [6.45, 7) is 2.64. The number of benzene rings is 1. The molecule has 3 rings (SSSR count). The van der Waals surface area contributed by atoms with E-state index in [1.165, 1.54) is 19.5 Å². The summed E-state index contributed by atoms with van der Waals surface area (Å²) in [5, 5.41) is 0. The highest BCUT2D eigenvalue weighted by atomic mass is 16.2. The third-order valence-corrected chi connectivity index (χ3v) is 3.15. The second kappa shape index (κ2) is 4.66. The van der Waals surface area contributed by atoms with E-state index in [1.807, 2.05) is 31.3 Å². The van der Waals surface area contributed by atoms with Crippen LogP contribution in [0.1, 0.15) is 12.0 Å². The Morgan fingerprint density at radius 1 is 1.12 bits per heavy atom. The summed E-state index contributed by atoms with van der Waals surface area (Å²) >= 11 is 0. The minimum absolute atomic E-state index is 0.186. The number of para-hydroxylation sites is 1. The number of likely N-dealkylation sites (tertiary alicyclic amines) is 1. The molecule has 0 radical (unpaired) electrons. The fourth-order valence-corrected chi connectivity index (χ4v) is 1.88. The number of hydrogen-bond acceptors (Lipinski definition) is 2. The molecule has 86 valence electrons. The molecule has 2 aliphatic rings. The second-order valence-corrected chi connectivity index (χ2v) is 4.42. The average molecular weight is 218 g/mol. The summed E-state index contributed by atoms with van der Waals surface area (Å²) in [7, 11) is 3.96.